The van der Waals surface area contributed by atoms with Gasteiger partial charge in [0, 0.05) is 36.3 Å². The van der Waals surface area contributed by atoms with Crippen molar-refractivity contribution < 1.29 is 0 Å². The summed E-state index contributed by atoms with van der Waals surface area (Å²) in [6.45, 7) is 0.542. The second kappa shape index (κ2) is 5.33. The van der Waals surface area contributed by atoms with E-state index < -0.39 is 0 Å². The highest BCUT2D eigenvalue weighted by atomic mass is 15.2. The van der Waals surface area contributed by atoms with Gasteiger partial charge in [-0.2, -0.15) is 10.2 Å². The molecule has 6 heteroatoms. The van der Waals surface area contributed by atoms with Gasteiger partial charge < -0.3 is 5.73 Å². The molecular formula is C17H16N6. The third-order valence-electron chi connectivity index (χ3n) is 3.90. The normalized spacial score (nSPS) is 11.2. The Morgan fingerprint density at radius 3 is 2.61 bits per heavy atom. The molecule has 3 heterocycles. The van der Waals surface area contributed by atoms with Crippen molar-refractivity contribution in [2.24, 2.45) is 12.8 Å². The summed E-state index contributed by atoms with van der Waals surface area (Å²) >= 11 is 0. The third kappa shape index (κ3) is 2.39. The van der Waals surface area contributed by atoms with Crippen LogP contribution in [0, 0.1) is 0 Å². The second-order valence-corrected chi connectivity index (χ2v) is 5.47. The average molecular weight is 304 g/mol. The van der Waals surface area contributed by atoms with Crippen molar-refractivity contribution in [2.75, 3.05) is 0 Å². The van der Waals surface area contributed by atoms with Crippen LogP contribution in [0.2, 0.25) is 0 Å². The Bertz CT molecular complexity index is 964. The smallest absolute Gasteiger partial charge is 0.182 e. The molecule has 1 aromatic carbocycles. The fourth-order valence-corrected chi connectivity index (χ4v) is 2.64. The van der Waals surface area contributed by atoms with Crippen LogP contribution in [0.1, 0.15) is 5.56 Å². The fraction of sp³-hybridized carbons (Fsp3) is 0.118. The molecule has 0 saturated heterocycles. The standard InChI is InChI=1S/C17H16N6/c1-23-10-13(9-19-23)16-14-6-7-15(20-17(14)22-21-16)12-4-2-11(8-18)3-5-12/h2-7,9-10H,8,18H2,1H3,(H,20,21,22). The summed E-state index contributed by atoms with van der Waals surface area (Å²) in [4.78, 5) is 4.65. The molecule has 0 bridgehead atoms. The SMILES string of the molecule is Cn1cc(-c2[nH]nc3nc(-c4ccc(CN)cc4)ccc23)cn1. The molecule has 0 saturated carbocycles. The maximum atomic E-state index is 5.64. The molecule has 0 aliphatic heterocycles. The minimum absolute atomic E-state index is 0.542. The van der Waals surface area contributed by atoms with E-state index in [-0.39, 0.29) is 0 Å². The van der Waals surface area contributed by atoms with Crippen molar-refractivity contribution in [3.8, 4) is 22.5 Å². The first-order valence-electron chi connectivity index (χ1n) is 7.38. The monoisotopic (exact) mass is 304 g/mol. The van der Waals surface area contributed by atoms with Crippen molar-refractivity contribution in [1.29, 1.82) is 0 Å². The van der Waals surface area contributed by atoms with E-state index >= 15 is 0 Å². The molecule has 0 amide bonds. The Hall–Kier alpha value is -2.99. The van der Waals surface area contributed by atoms with Gasteiger partial charge in [0.2, 0.25) is 0 Å². The zero-order valence-corrected chi connectivity index (χ0v) is 12.7. The molecular weight excluding hydrogens is 288 g/mol. The Morgan fingerprint density at radius 2 is 1.91 bits per heavy atom. The molecule has 3 N–H and O–H groups in total. The van der Waals surface area contributed by atoms with Gasteiger partial charge in [-0.05, 0) is 17.7 Å². The molecule has 6 nitrogen and oxygen atoms in total. The molecule has 4 aromatic rings. The molecule has 0 fully saturated rings. The lowest BCUT2D eigenvalue weighted by atomic mass is 10.1. The molecule has 0 aliphatic rings. The molecule has 3 aromatic heterocycles. The Kier molecular flexibility index (Phi) is 3.17. The minimum atomic E-state index is 0.542. The van der Waals surface area contributed by atoms with Gasteiger partial charge in [0.25, 0.3) is 0 Å². The third-order valence-corrected chi connectivity index (χ3v) is 3.90. The Morgan fingerprint density at radius 1 is 1.09 bits per heavy atom. The van der Waals surface area contributed by atoms with E-state index in [1.807, 2.05) is 55.8 Å². The molecule has 0 spiro atoms. The zero-order valence-electron chi connectivity index (χ0n) is 12.7. The van der Waals surface area contributed by atoms with Gasteiger partial charge in [0.15, 0.2) is 5.65 Å². The summed E-state index contributed by atoms with van der Waals surface area (Å²) in [7, 11) is 1.89. The van der Waals surface area contributed by atoms with Gasteiger partial charge in [-0.15, -0.1) is 0 Å². The van der Waals surface area contributed by atoms with Crippen LogP contribution in [-0.4, -0.2) is 25.0 Å². The van der Waals surface area contributed by atoms with E-state index in [2.05, 4.69) is 20.3 Å². The number of hydrogen-bond donors (Lipinski definition) is 2. The van der Waals surface area contributed by atoms with E-state index in [4.69, 9.17) is 5.73 Å². The Balaban J connectivity index is 1.77. The van der Waals surface area contributed by atoms with Crippen molar-refractivity contribution in [3.05, 3.63) is 54.4 Å². The van der Waals surface area contributed by atoms with Crippen LogP contribution in [0.15, 0.2) is 48.8 Å². The Labute approximate surface area is 133 Å². The molecule has 23 heavy (non-hydrogen) atoms. The predicted molar refractivity (Wildman–Crippen MR) is 89.4 cm³/mol. The number of aromatic nitrogens is 5. The lowest BCUT2D eigenvalue weighted by Gasteiger charge is -2.02. The number of benzene rings is 1. The van der Waals surface area contributed by atoms with Crippen LogP contribution in [-0.2, 0) is 13.6 Å². The number of aryl methyl sites for hydroxylation is 1. The summed E-state index contributed by atoms with van der Waals surface area (Å²) < 4.78 is 1.77. The largest absolute Gasteiger partial charge is 0.326 e. The summed E-state index contributed by atoms with van der Waals surface area (Å²) in [6.07, 6.45) is 3.76. The van der Waals surface area contributed by atoms with Crippen molar-refractivity contribution in [1.82, 2.24) is 25.0 Å². The topological polar surface area (TPSA) is 85.4 Å². The van der Waals surface area contributed by atoms with E-state index in [9.17, 15) is 0 Å². The molecule has 4 rings (SSSR count). The van der Waals surface area contributed by atoms with E-state index in [0.29, 0.717) is 12.2 Å². The summed E-state index contributed by atoms with van der Waals surface area (Å²) in [5, 5.41) is 12.6. The summed E-state index contributed by atoms with van der Waals surface area (Å²) in [5.41, 5.74) is 11.3. The number of pyridine rings is 1. The highest BCUT2D eigenvalue weighted by Gasteiger charge is 2.11. The molecule has 0 aliphatic carbocycles. The number of nitrogens with one attached hydrogen (secondary N) is 1. The van der Waals surface area contributed by atoms with Crippen LogP contribution in [0.4, 0.5) is 0 Å². The van der Waals surface area contributed by atoms with E-state index in [1.54, 1.807) is 4.68 Å². The first-order chi connectivity index (χ1) is 11.2. The van der Waals surface area contributed by atoms with Gasteiger partial charge in [0.1, 0.15) is 0 Å². The molecule has 0 atom stereocenters. The van der Waals surface area contributed by atoms with Crippen LogP contribution in [0.5, 0.6) is 0 Å². The lowest BCUT2D eigenvalue weighted by molar-refractivity contribution is 0.768. The average Bonchev–Trinajstić information content (AvgIpc) is 3.20. The van der Waals surface area contributed by atoms with Crippen LogP contribution in [0.3, 0.4) is 0 Å². The zero-order chi connectivity index (χ0) is 15.8. The quantitative estimate of drug-likeness (QED) is 0.609. The van der Waals surface area contributed by atoms with Crippen molar-refractivity contribution >= 4 is 11.0 Å². The van der Waals surface area contributed by atoms with Gasteiger partial charge in [0.05, 0.1) is 17.6 Å². The highest BCUT2D eigenvalue weighted by Crippen LogP contribution is 2.27. The van der Waals surface area contributed by atoms with Gasteiger partial charge >= 0.3 is 0 Å². The van der Waals surface area contributed by atoms with Gasteiger partial charge in [-0.3, -0.25) is 9.78 Å². The number of hydrogen-bond acceptors (Lipinski definition) is 4. The number of nitrogens with two attached hydrogens (primary N) is 1. The highest BCUT2D eigenvalue weighted by molar-refractivity contribution is 5.91. The van der Waals surface area contributed by atoms with Crippen molar-refractivity contribution in [3.63, 3.8) is 0 Å². The second-order valence-electron chi connectivity index (χ2n) is 5.47. The maximum absolute atomic E-state index is 5.64. The first kappa shape index (κ1) is 13.7. The van der Waals surface area contributed by atoms with Gasteiger partial charge in [-0.1, -0.05) is 24.3 Å². The fourth-order valence-electron chi connectivity index (χ4n) is 2.64. The summed E-state index contributed by atoms with van der Waals surface area (Å²) in [6, 6.07) is 12.2. The minimum Gasteiger partial charge on any atom is -0.326 e. The molecule has 114 valence electrons. The first-order valence-corrected chi connectivity index (χ1v) is 7.38. The lowest BCUT2D eigenvalue weighted by Crippen LogP contribution is -1.95. The summed E-state index contributed by atoms with van der Waals surface area (Å²) in [5.74, 6) is 0. The molecule has 0 radical (unpaired) electrons. The number of fused-ring (bicyclic) bond motifs is 1. The molecule has 0 unspecified atom stereocenters. The van der Waals surface area contributed by atoms with Crippen LogP contribution >= 0.6 is 0 Å². The van der Waals surface area contributed by atoms with Crippen LogP contribution < -0.4 is 5.73 Å². The number of rotatable bonds is 3. The maximum Gasteiger partial charge on any atom is 0.182 e. The van der Waals surface area contributed by atoms with E-state index in [0.717, 1.165) is 33.5 Å². The number of H-pyrrole nitrogens is 1. The van der Waals surface area contributed by atoms with Crippen LogP contribution in [0.25, 0.3) is 33.5 Å². The predicted octanol–water partition coefficient (Wildman–Crippen LogP) is 2.48. The van der Waals surface area contributed by atoms with Crippen molar-refractivity contribution in [2.45, 2.75) is 6.54 Å². The van der Waals surface area contributed by atoms with E-state index in [1.165, 1.54) is 0 Å². The van der Waals surface area contributed by atoms with Gasteiger partial charge in [-0.25, -0.2) is 4.98 Å². The number of aromatic amines is 1. The number of nitrogens with zero attached hydrogens (tertiary/aromatic N) is 4.